The highest BCUT2D eigenvalue weighted by Gasteiger charge is 1.96. The molecule has 2 N–H and O–H groups in total. The topological polar surface area (TPSA) is 74.8 Å². The molecular weight excluding hydrogens is 218 g/mol. The van der Waals surface area contributed by atoms with Gasteiger partial charge in [-0.2, -0.15) is 0 Å². The lowest BCUT2D eigenvalue weighted by Crippen LogP contribution is -2.06. The highest BCUT2D eigenvalue weighted by molar-refractivity contribution is 5.74. The lowest BCUT2D eigenvalue weighted by atomic mass is 10.3. The number of aldehydes is 1. The minimum atomic E-state index is -0.123. The molecular formula is C12H11N3O2. The summed E-state index contributed by atoms with van der Waals surface area (Å²) in [6.07, 6.45) is 3.90. The molecule has 0 bridgehead atoms. The fraction of sp³-hybridized carbons (Fsp3) is 0.0833. The Balaban J connectivity index is 1.99. The number of H-pyrrole nitrogens is 1. The maximum absolute atomic E-state index is 10.8. The Labute approximate surface area is 97.5 Å². The lowest BCUT2D eigenvalue weighted by Gasteiger charge is -2.04. The van der Waals surface area contributed by atoms with E-state index in [0.717, 1.165) is 11.8 Å². The van der Waals surface area contributed by atoms with E-state index >= 15 is 0 Å². The molecule has 2 aromatic rings. The minimum Gasteiger partial charge on any atom is -0.366 e. The van der Waals surface area contributed by atoms with Crippen molar-refractivity contribution in [3.05, 3.63) is 58.1 Å². The number of aromatic amines is 1. The van der Waals surface area contributed by atoms with Crippen LogP contribution in [0.5, 0.6) is 0 Å². The summed E-state index contributed by atoms with van der Waals surface area (Å²) in [4.78, 5) is 27.9. The lowest BCUT2D eigenvalue weighted by molar-refractivity contribution is 0.112. The van der Waals surface area contributed by atoms with E-state index in [-0.39, 0.29) is 5.56 Å². The molecule has 0 saturated heterocycles. The van der Waals surface area contributed by atoms with E-state index in [9.17, 15) is 9.59 Å². The quantitative estimate of drug-likeness (QED) is 0.772. The van der Waals surface area contributed by atoms with Gasteiger partial charge in [0.15, 0.2) is 6.29 Å². The number of carbonyl (C=O) groups is 1. The van der Waals surface area contributed by atoms with Gasteiger partial charge in [-0.1, -0.05) is 6.07 Å². The summed E-state index contributed by atoms with van der Waals surface area (Å²) in [6, 6.07) is 6.64. The highest BCUT2D eigenvalue weighted by Crippen LogP contribution is 2.05. The number of rotatable bonds is 4. The van der Waals surface area contributed by atoms with Gasteiger partial charge in [-0.15, -0.1) is 0 Å². The minimum absolute atomic E-state index is 0.123. The Morgan fingerprint density at radius 1 is 1.29 bits per heavy atom. The number of hydrogen-bond acceptors (Lipinski definition) is 4. The summed E-state index contributed by atoms with van der Waals surface area (Å²) in [6.45, 7) is 0.560. The molecule has 86 valence electrons. The van der Waals surface area contributed by atoms with Crippen LogP contribution in [0.25, 0.3) is 0 Å². The van der Waals surface area contributed by atoms with Gasteiger partial charge in [0.2, 0.25) is 5.56 Å². The summed E-state index contributed by atoms with van der Waals surface area (Å²) in [5, 5.41) is 3.08. The van der Waals surface area contributed by atoms with Crippen molar-refractivity contribution in [3.8, 4) is 0 Å². The van der Waals surface area contributed by atoms with Crippen LogP contribution in [0.15, 0.2) is 41.5 Å². The average Bonchev–Trinajstić information content (AvgIpc) is 2.39. The van der Waals surface area contributed by atoms with Crippen LogP contribution in [0.1, 0.15) is 15.9 Å². The van der Waals surface area contributed by atoms with E-state index in [2.05, 4.69) is 15.3 Å². The van der Waals surface area contributed by atoms with Crippen LogP contribution in [-0.2, 0) is 6.54 Å². The summed E-state index contributed by atoms with van der Waals surface area (Å²) >= 11 is 0. The van der Waals surface area contributed by atoms with E-state index in [0.29, 0.717) is 17.9 Å². The largest absolute Gasteiger partial charge is 0.366 e. The third kappa shape index (κ3) is 3.01. The van der Waals surface area contributed by atoms with Crippen LogP contribution in [0.3, 0.4) is 0 Å². The molecule has 5 heteroatoms. The van der Waals surface area contributed by atoms with E-state index in [1.54, 1.807) is 24.4 Å². The molecule has 0 spiro atoms. The van der Waals surface area contributed by atoms with Gasteiger partial charge in [-0.25, -0.2) is 4.98 Å². The number of carbonyl (C=O) groups excluding carboxylic acids is 1. The Morgan fingerprint density at radius 2 is 2.18 bits per heavy atom. The van der Waals surface area contributed by atoms with Crippen LogP contribution in [0, 0.1) is 0 Å². The average molecular weight is 229 g/mol. The van der Waals surface area contributed by atoms with Gasteiger partial charge in [0.05, 0.1) is 0 Å². The predicted molar refractivity (Wildman–Crippen MR) is 64.0 cm³/mol. The van der Waals surface area contributed by atoms with Crippen molar-refractivity contribution in [1.29, 1.82) is 0 Å². The van der Waals surface area contributed by atoms with Crippen molar-refractivity contribution in [3.63, 3.8) is 0 Å². The molecule has 0 amide bonds. The molecule has 0 aliphatic heterocycles. The fourth-order valence-electron chi connectivity index (χ4n) is 1.32. The van der Waals surface area contributed by atoms with Crippen LogP contribution >= 0.6 is 0 Å². The smallest absolute Gasteiger partial charge is 0.247 e. The van der Waals surface area contributed by atoms with Crippen molar-refractivity contribution >= 4 is 12.1 Å². The zero-order valence-electron chi connectivity index (χ0n) is 9.01. The zero-order valence-corrected chi connectivity index (χ0v) is 9.01. The van der Waals surface area contributed by atoms with Gasteiger partial charge in [0.1, 0.15) is 5.82 Å². The number of pyridine rings is 2. The Bertz CT molecular complexity index is 540. The molecule has 5 nitrogen and oxygen atoms in total. The molecule has 0 saturated carbocycles. The van der Waals surface area contributed by atoms with Gasteiger partial charge >= 0.3 is 0 Å². The second-order valence-corrected chi connectivity index (χ2v) is 3.51. The van der Waals surface area contributed by atoms with E-state index < -0.39 is 0 Å². The third-order valence-corrected chi connectivity index (χ3v) is 2.24. The molecule has 0 radical (unpaired) electrons. The van der Waals surface area contributed by atoms with E-state index in [1.807, 2.05) is 0 Å². The second-order valence-electron chi connectivity index (χ2n) is 3.51. The molecule has 0 aliphatic carbocycles. The highest BCUT2D eigenvalue weighted by atomic mass is 16.1. The number of anilines is 1. The van der Waals surface area contributed by atoms with E-state index in [4.69, 9.17) is 0 Å². The van der Waals surface area contributed by atoms with Crippen molar-refractivity contribution in [1.82, 2.24) is 9.97 Å². The summed E-state index contributed by atoms with van der Waals surface area (Å²) in [7, 11) is 0. The SMILES string of the molecule is O=Cc1ccc(NCc2ccc(=O)[nH]c2)nc1. The first-order valence-electron chi connectivity index (χ1n) is 5.10. The fourth-order valence-corrected chi connectivity index (χ4v) is 1.32. The second kappa shape index (κ2) is 5.07. The molecule has 2 heterocycles. The Hall–Kier alpha value is -2.43. The molecule has 2 rings (SSSR count). The molecule has 2 aromatic heterocycles. The first kappa shape index (κ1) is 11.1. The summed E-state index contributed by atoms with van der Waals surface area (Å²) in [5.74, 6) is 0.682. The van der Waals surface area contributed by atoms with Crippen molar-refractivity contribution < 1.29 is 4.79 Å². The zero-order chi connectivity index (χ0) is 12.1. The number of nitrogens with one attached hydrogen (secondary N) is 2. The van der Waals surface area contributed by atoms with Gasteiger partial charge in [-0.3, -0.25) is 9.59 Å². The monoisotopic (exact) mass is 229 g/mol. The molecule has 0 atom stereocenters. The van der Waals surface area contributed by atoms with Crippen LogP contribution in [0.4, 0.5) is 5.82 Å². The third-order valence-electron chi connectivity index (χ3n) is 2.24. The number of nitrogens with zero attached hydrogens (tertiary/aromatic N) is 1. The van der Waals surface area contributed by atoms with Gasteiger partial charge in [0, 0.05) is 30.6 Å². The molecule has 0 aliphatic rings. The molecule has 0 fully saturated rings. The molecule has 17 heavy (non-hydrogen) atoms. The Morgan fingerprint density at radius 3 is 2.76 bits per heavy atom. The van der Waals surface area contributed by atoms with Crippen molar-refractivity contribution in [2.75, 3.05) is 5.32 Å². The van der Waals surface area contributed by atoms with Gasteiger partial charge in [0.25, 0.3) is 0 Å². The van der Waals surface area contributed by atoms with Gasteiger partial charge in [-0.05, 0) is 17.7 Å². The first-order chi connectivity index (χ1) is 8.28. The van der Waals surface area contributed by atoms with Crippen molar-refractivity contribution in [2.24, 2.45) is 0 Å². The summed E-state index contributed by atoms with van der Waals surface area (Å²) < 4.78 is 0. The first-order valence-corrected chi connectivity index (χ1v) is 5.10. The standard InChI is InChI=1S/C12H11N3O2/c16-8-10-1-3-11(14-7-10)13-5-9-2-4-12(17)15-6-9/h1-4,6-8H,5H2,(H,13,14)(H,15,17). The maximum Gasteiger partial charge on any atom is 0.247 e. The summed E-state index contributed by atoms with van der Waals surface area (Å²) in [5.41, 5.74) is 1.37. The number of aromatic nitrogens is 2. The van der Waals surface area contributed by atoms with Crippen LogP contribution in [-0.4, -0.2) is 16.3 Å². The number of hydrogen-bond donors (Lipinski definition) is 2. The molecule has 0 unspecified atom stereocenters. The van der Waals surface area contributed by atoms with Crippen molar-refractivity contribution in [2.45, 2.75) is 6.54 Å². The van der Waals surface area contributed by atoms with Gasteiger partial charge < -0.3 is 10.3 Å². The Kier molecular flexibility index (Phi) is 3.30. The molecule has 0 aromatic carbocycles. The van der Waals surface area contributed by atoms with E-state index in [1.165, 1.54) is 12.3 Å². The van der Waals surface area contributed by atoms with Crippen LogP contribution in [0.2, 0.25) is 0 Å². The van der Waals surface area contributed by atoms with Crippen LogP contribution < -0.4 is 10.9 Å². The predicted octanol–water partition coefficient (Wildman–Crippen LogP) is 1.19. The maximum atomic E-state index is 10.8. The normalized spacial score (nSPS) is 9.88.